The minimum atomic E-state index is -0.0108. The summed E-state index contributed by atoms with van der Waals surface area (Å²) >= 11 is 4.67. The van der Waals surface area contributed by atoms with Crippen LogP contribution in [0.15, 0.2) is 39.0 Å². The fourth-order valence-electron chi connectivity index (χ4n) is 3.14. The molecule has 0 aliphatic rings. The van der Waals surface area contributed by atoms with Crippen molar-refractivity contribution in [3.63, 3.8) is 0 Å². The predicted octanol–water partition coefficient (Wildman–Crippen LogP) is 5.04. The number of hydrogen-bond acceptors (Lipinski definition) is 7. The van der Waals surface area contributed by atoms with Crippen molar-refractivity contribution in [1.82, 2.24) is 14.5 Å². The maximum Gasteiger partial charge on any atom is 0.263 e. The Morgan fingerprint density at radius 2 is 2.11 bits per heavy atom. The van der Waals surface area contributed by atoms with Gasteiger partial charge in [-0.05, 0) is 25.3 Å². The van der Waals surface area contributed by atoms with Gasteiger partial charge in [-0.15, -0.1) is 22.7 Å². The van der Waals surface area contributed by atoms with Gasteiger partial charge in [0.15, 0.2) is 5.16 Å². The molecule has 0 fully saturated rings. The van der Waals surface area contributed by atoms with E-state index in [1.54, 1.807) is 30.1 Å². The van der Waals surface area contributed by atoms with Crippen molar-refractivity contribution in [2.24, 2.45) is 7.05 Å². The van der Waals surface area contributed by atoms with Gasteiger partial charge in [0.25, 0.3) is 5.56 Å². The van der Waals surface area contributed by atoms with Crippen molar-refractivity contribution in [2.45, 2.75) is 24.8 Å². The highest BCUT2D eigenvalue weighted by atomic mass is 32.2. The molecule has 4 aromatic rings. The first kappa shape index (κ1) is 19.2. The zero-order valence-corrected chi connectivity index (χ0v) is 18.4. The maximum absolute atomic E-state index is 13.0. The molecule has 0 aliphatic carbocycles. The molecule has 0 saturated heterocycles. The lowest BCUT2D eigenvalue weighted by molar-refractivity contribution is 0.407. The molecule has 0 atom stereocenters. The minimum Gasteiger partial charge on any atom is -0.496 e. The molecule has 0 aromatic carbocycles. The first-order valence-corrected chi connectivity index (χ1v) is 11.4. The Bertz CT molecular complexity index is 1210. The predicted molar refractivity (Wildman–Crippen MR) is 118 cm³/mol. The van der Waals surface area contributed by atoms with E-state index < -0.39 is 0 Å². The van der Waals surface area contributed by atoms with Crippen LogP contribution in [-0.4, -0.2) is 21.6 Å². The molecular weight excluding hydrogens is 410 g/mol. The van der Waals surface area contributed by atoms with E-state index >= 15 is 0 Å². The van der Waals surface area contributed by atoms with Gasteiger partial charge in [-0.1, -0.05) is 17.8 Å². The molecule has 4 heterocycles. The highest BCUT2D eigenvalue weighted by Gasteiger charge is 2.17. The Morgan fingerprint density at radius 1 is 1.29 bits per heavy atom. The molecule has 144 valence electrons. The van der Waals surface area contributed by atoms with Gasteiger partial charge in [0.05, 0.1) is 18.2 Å². The molecule has 0 saturated carbocycles. The van der Waals surface area contributed by atoms with E-state index in [0.717, 1.165) is 37.8 Å². The van der Waals surface area contributed by atoms with Crippen LogP contribution in [0.3, 0.4) is 0 Å². The summed E-state index contributed by atoms with van der Waals surface area (Å²) in [6, 6.07) is 4.03. The molecule has 0 radical (unpaired) electrons. The fraction of sp³-hybridized carbons (Fsp3) is 0.250. The summed E-state index contributed by atoms with van der Waals surface area (Å²) in [5.74, 6) is 1.49. The molecule has 8 heteroatoms. The van der Waals surface area contributed by atoms with Crippen molar-refractivity contribution in [3.8, 4) is 16.2 Å². The number of fused-ring (bicyclic) bond motifs is 1. The SMILES string of the molecule is COc1c(C)cnc(CSc2nc3scc(-c4cccs4)c3c(=O)n2C)c1C. The number of aromatic nitrogens is 3. The molecule has 4 aromatic heterocycles. The average molecular weight is 430 g/mol. The van der Waals surface area contributed by atoms with E-state index in [0.29, 0.717) is 16.3 Å². The van der Waals surface area contributed by atoms with Crippen LogP contribution < -0.4 is 10.3 Å². The molecular formula is C20H19N3O2S3. The van der Waals surface area contributed by atoms with Gasteiger partial charge in [0.1, 0.15) is 10.6 Å². The Morgan fingerprint density at radius 3 is 2.82 bits per heavy atom. The molecule has 0 bridgehead atoms. The van der Waals surface area contributed by atoms with E-state index in [-0.39, 0.29) is 5.56 Å². The van der Waals surface area contributed by atoms with Gasteiger partial charge in [0.2, 0.25) is 0 Å². The molecule has 0 unspecified atom stereocenters. The normalized spacial score (nSPS) is 11.3. The molecule has 0 N–H and O–H groups in total. The van der Waals surface area contributed by atoms with Gasteiger partial charge in [-0.25, -0.2) is 4.98 Å². The van der Waals surface area contributed by atoms with E-state index in [1.165, 1.54) is 23.1 Å². The van der Waals surface area contributed by atoms with E-state index in [4.69, 9.17) is 9.72 Å². The van der Waals surface area contributed by atoms with Crippen molar-refractivity contribution in [2.75, 3.05) is 7.11 Å². The second kappa shape index (κ2) is 7.69. The van der Waals surface area contributed by atoms with Crippen molar-refractivity contribution >= 4 is 44.7 Å². The fourth-order valence-corrected chi connectivity index (χ4v) is 5.94. The van der Waals surface area contributed by atoms with E-state index in [2.05, 4.69) is 4.98 Å². The number of ether oxygens (including phenoxy) is 1. The summed E-state index contributed by atoms with van der Waals surface area (Å²) in [5, 5.41) is 5.44. The van der Waals surface area contributed by atoms with Crippen LogP contribution in [0, 0.1) is 13.8 Å². The lowest BCUT2D eigenvalue weighted by Gasteiger charge is -2.12. The second-order valence-electron chi connectivity index (χ2n) is 6.40. The third kappa shape index (κ3) is 3.25. The highest BCUT2D eigenvalue weighted by molar-refractivity contribution is 7.98. The number of pyridine rings is 1. The van der Waals surface area contributed by atoms with Crippen LogP contribution in [0.1, 0.15) is 16.8 Å². The molecule has 28 heavy (non-hydrogen) atoms. The summed E-state index contributed by atoms with van der Waals surface area (Å²) < 4.78 is 7.13. The van der Waals surface area contributed by atoms with Gasteiger partial charge in [-0.3, -0.25) is 14.3 Å². The highest BCUT2D eigenvalue weighted by Crippen LogP contribution is 2.35. The Balaban J connectivity index is 1.69. The van der Waals surface area contributed by atoms with Gasteiger partial charge in [-0.2, -0.15) is 0 Å². The zero-order valence-electron chi connectivity index (χ0n) is 16.0. The summed E-state index contributed by atoms with van der Waals surface area (Å²) in [7, 11) is 3.45. The van der Waals surface area contributed by atoms with Crippen LogP contribution >= 0.6 is 34.4 Å². The largest absolute Gasteiger partial charge is 0.496 e. The Kier molecular flexibility index (Phi) is 5.27. The Hall–Kier alpha value is -2.16. The smallest absolute Gasteiger partial charge is 0.263 e. The number of methoxy groups -OCH3 is 1. The third-order valence-corrected chi connectivity index (χ3v) is 7.47. The van der Waals surface area contributed by atoms with Gasteiger partial charge < -0.3 is 4.74 Å². The Labute approximate surface area is 175 Å². The lowest BCUT2D eigenvalue weighted by Crippen LogP contribution is -2.19. The van der Waals surface area contributed by atoms with Crippen molar-refractivity contribution in [1.29, 1.82) is 0 Å². The minimum absolute atomic E-state index is 0.0108. The summed E-state index contributed by atoms with van der Waals surface area (Å²) in [4.78, 5) is 24.2. The summed E-state index contributed by atoms with van der Waals surface area (Å²) in [6.07, 6.45) is 1.82. The van der Waals surface area contributed by atoms with Crippen LogP contribution in [0.25, 0.3) is 20.7 Å². The maximum atomic E-state index is 13.0. The van der Waals surface area contributed by atoms with Gasteiger partial charge >= 0.3 is 0 Å². The number of thioether (sulfide) groups is 1. The number of rotatable bonds is 5. The molecule has 0 spiro atoms. The summed E-state index contributed by atoms with van der Waals surface area (Å²) in [5.41, 5.74) is 3.94. The number of nitrogens with zero attached hydrogens (tertiary/aromatic N) is 3. The standard InChI is InChI=1S/C20H19N3O2S3/c1-11-8-21-14(12(2)17(11)25-4)10-28-20-22-18-16(19(24)23(20)3)13(9-27-18)15-6-5-7-26-15/h5-9H,10H2,1-4H3. The van der Waals surface area contributed by atoms with Gasteiger partial charge in [0, 0.05) is 45.9 Å². The molecule has 0 amide bonds. The molecule has 0 aliphatic heterocycles. The van der Waals surface area contributed by atoms with Crippen LogP contribution in [-0.2, 0) is 12.8 Å². The van der Waals surface area contributed by atoms with Crippen molar-refractivity contribution < 1.29 is 4.74 Å². The number of hydrogen-bond donors (Lipinski definition) is 0. The number of thiophene rings is 2. The quantitative estimate of drug-likeness (QED) is 0.329. The molecule has 4 rings (SSSR count). The summed E-state index contributed by atoms with van der Waals surface area (Å²) in [6.45, 7) is 3.99. The zero-order chi connectivity index (χ0) is 19.8. The van der Waals surface area contributed by atoms with Crippen LogP contribution in [0.4, 0.5) is 0 Å². The second-order valence-corrected chi connectivity index (χ2v) is 9.15. The van der Waals surface area contributed by atoms with E-state index in [1.807, 2.05) is 42.9 Å². The van der Waals surface area contributed by atoms with Crippen molar-refractivity contribution in [3.05, 3.63) is 56.3 Å². The number of aryl methyl sites for hydroxylation is 1. The monoisotopic (exact) mass is 429 g/mol. The average Bonchev–Trinajstić information content (AvgIpc) is 3.34. The van der Waals surface area contributed by atoms with E-state index in [9.17, 15) is 4.79 Å². The first-order chi connectivity index (χ1) is 13.5. The van der Waals surface area contributed by atoms with Crippen LogP contribution in [0.5, 0.6) is 5.75 Å². The third-order valence-electron chi connectivity index (χ3n) is 4.65. The van der Waals surface area contributed by atoms with Crippen LogP contribution in [0.2, 0.25) is 0 Å². The topological polar surface area (TPSA) is 57.0 Å². The lowest BCUT2D eigenvalue weighted by atomic mass is 10.1. The first-order valence-electron chi connectivity index (χ1n) is 8.65. The molecule has 5 nitrogen and oxygen atoms in total.